The van der Waals surface area contributed by atoms with E-state index in [1.165, 1.54) is 0 Å². The van der Waals surface area contributed by atoms with Crippen LogP contribution in [0.15, 0.2) is 30.3 Å². The summed E-state index contributed by atoms with van der Waals surface area (Å²) >= 11 is 0. The van der Waals surface area contributed by atoms with Gasteiger partial charge in [-0.3, -0.25) is 4.79 Å². The van der Waals surface area contributed by atoms with Crippen molar-refractivity contribution in [3.63, 3.8) is 0 Å². The molecule has 0 aliphatic heterocycles. The number of phenolic OH excluding ortho intramolecular Hbond substituents is 1. The van der Waals surface area contributed by atoms with E-state index in [9.17, 15) is 4.79 Å². The zero-order valence-corrected chi connectivity index (χ0v) is 7.64. The summed E-state index contributed by atoms with van der Waals surface area (Å²) in [5.74, 6) is 0.322. The number of carbonyl (C=O) groups excluding carboxylic acids is 1. The Balaban J connectivity index is 0. The van der Waals surface area contributed by atoms with Crippen LogP contribution in [0.4, 0.5) is 0 Å². The molecule has 0 aromatic heterocycles. The second-order valence-corrected chi connectivity index (χ2v) is 2.30. The molecule has 1 aromatic carbocycles. The van der Waals surface area contributed by atoms with Crippen molar-refractivity contribution in [2.45, 2.75) is 13.3 Å². The van der Waals surface area contributed by atoms with Gasteiger partial charge in [-0.05, 0) is 18.6 Å². The summed E-state index contributed by atoms with van der Waals surface area (Å²) in [6.07, 6.45) is 0.902. The maximum absolute atomic E-state index is 9.34. The Bertz CT molecular complexity index is 214. The fourth-order valence-electron chi connectivity index (χ4n) is 0.594. The van der Waals surface area contributed by atoms with E-state index < -0.39 is 0 Å². The zero-order valence-electron chi connectivity index (χ0n) is 7.64. The number of benzene rings is 1. The molecule has 4 heteroatoms. The Morgan fingerprint density at radius 3 is 2.14 bits per heavy atom. The predicted molar refractivity (Wildman–Crippen MR) is 57.6 cm³/mol. The summed E-state index contributed by atoms with van der Waals surface area (Å²) in [5.41, 5.74) is 0. The second-order valence-electron chi connectivity index (χ2n) is 2.30. The molecule has 0 aliphatic carbocycles. The fraction of sp³-hybridized carbons (Fsp3) is 0.300. The summed E-state index contributed by atoms with van der Waals surface area (Å²) in [6, 6.07) is 8.71. The van der Waals surface area contributed by atoms with E-state index in [0.29, 0.717) is 18.8 Å². The van der Waals surface area contributed by atoms with Gasteiger partial charge in [0.2, 0.25) is 0 Å². The number of hydrogen-bond acceptors (Lipinski definition) is 3. The van der Waals surface area contributed by atoms with E-state index in [4.69, 9.17) is 5.11 Å². The third-order valence-electron chi connectivity index (χ3n) is 1.15. The Kier molecular flexibility index (Phi) is 14.2. The maximum atomic E-state index is 9.34. The summed E-state index contributed by atoms with van der Waals surface area (Å²) in [4.78, 5) is 9.34. The van der Waals surface area contributed by atoms with E-state index >= 15 is 0 Å². The summed E-state index contributed by atoms with van der Waals surface area (Å²) in [6.45, 7) is 2.95. The van der Waals surface area contributed by atoms with Crippen molar-refractivity contribution in [2.24, 2.45) is 0 Å². The molecule has 3 nitrogen and oxygen atoms in total. The molecule has 1 aromatic rings. The third kappa shape index (κ3) is 11.5. The molecule has 0 saturated heterocycles. The number of hydrogen-bond donors (Lipinski definition) is 1. The fourth-order valence-corrected chi connectivity index (χ4v) is 0.594. The molecule has 74 valence electrons. The van der Waals surface area contributed by atoms with Gasteiger partial charge in [-0.25, -0.2) is 0 Å². The van der Waals surface area contributed by atoms with Gasteiger partial charge in [-0.2, -0.15) is 0 Å². The number of phenols is 1. The van der Waals surface area contributed by atoms with Gasteiger partial charge >= 0.3 is 29.6 Å². The average Bonchev–Trinajstić information content (AvgIpc) is 2.17. The standard InChI is InChI=1S/C6H6O.C4H8O2.Na.H/c7-6-4-2-1-3-5-6;1-2-3-6-4-5;;/h1-5,7H;4H,2-3H2,1H3;;. The molecule has 0 fully saturated rings. The number of rotatable bonds is 3. The monoisotopic (exact) mass is 206 g/mol. The Hall–Kier alpha value is -0.510. The molecular weight excluding hydrogens is 191 g/mol. The molecule has 0 atom stereocenters. The topological polar surface area (TPSA) is 46.5 Å². The van der Waals surface area contributed by atoms with E-state index in [1.807, 2.05) is 13.0 Å². The third-order valence-corrected chi connectivity index (χ3v) is 1.15. The molecule has 14 heavy (non-hydrogen) atoms. The van der Waals surface area contributed by atoms with Crippen LogP contribution in [-0.2, 0) is 9.53 Å². The van der Waals surface area contributed by atoms with E-state index in [0.717, 1.165) is 6.42 Å². The molecule has 0 unspecified atom stereocenters. The molecule has 0 spiro atoms. The minimum atomic E-state index is 0. The summed E-state index contributed by atoms with van der Waals surface area (Å²) in [5, 5.41) is 8.63. The number of para-hydroxylation sites is 1. The first kappa shape index (κ1) is 15.9. The predicted octanol–water partition coefficient (Wildman–Crippen LogP) is 1.31. The minimum absolute atomic E-state index is 0. The van der Waals surface area contributed by atoms with Crippen LogP contribution in [0, 0.1) is 0 Å². The molecule has 0 bridgehead atoms. The Morgan fingerprint density at radius 1 is 1.36 bits per heavy atom. The molecular formula is C10H15NaO3. The molecule has 0 saturated carbocycles. The summed E-state index contributed by atoms with van der Waals surface area (Å²) in [7, 11) is 0. The van der Waals surface area contributed by atoms with Gasteiger partial charge < -0.3 is 9.84 Å². The van der Waals surface area contributed by atoms with Gasteiger partial charge in [-0.1, -0.05) is 25.1 Å². The molecule has 0 amide bonds. The Labute approximate surface area is 106 Å². The normalized spacial score (nSPS) is 7.50. The van der Waals surface area contributed by atoms with Crippen molar-refractivity contribution < 1.29 is 14.6 Å². The molecule has 0 aliphatic rings. The number of carbonyl (C=O) groups is 1. The second kappa shape index (κ2) is 12.5. The number of ether oxygens (including phenoxy) is 1. The molecule has 0 radical (unpaired) electrons. The van der Waals surface area contributed by atoms with E-state index in [1.54, 1.807) is 24.3 Å². The van der Waals surface area contributed by atoms with Crippen LogP contribution >= 0.6 is 0 Å². The first-order valence-corrected chi connectivity index (χ1v) is 4.10. The van der Waals surface area contributed by atoms with E-state index in [-0.39, 0.29) is 29.6 Å². The van der Waals surface area contributed by atoms with Crippen LogP contribution in [0.1, 0.15) is 13.3 Å². The van der Waals surface area contributed by atoms with Crippen molar-refractivity contribution in [2.75, 3.05) is 6.61 Å². The van der Waals surface area contributed by atoms with Gasteiger partial charge in [0.05, 0.1) is 6.61 Å². The van der Waals surface area contributed by atoms with Crippen LogP contribution in [0.25, 0.3) is 0 Å². The van der Waals surface area contributed by atoms with Gasteiger partial charge in [-0.15, -0.1) is 0 Å². The van der Waals surface area contributed by atoms with Crippen molar-refractivity contribution in [3.05, 3.63) is 30.3 Å². The first-order valence-electron chi connectivity index (χ1n) is 4.10. The van der Waals surface area contributed by atoms with Crippen molar-refractivity contribution in [1.29, 1.82) is 0 Å². The van der Waals surface area contributed by atoms with Gasteiger partial charge in [0.1, 0.15) is 5.75 Å². The molecule has 1 rings (SSSR count). The van der Waals surface area contributed by atoms with Gasteiger partial charge in [0.25, 0.3) is 6.47 Å². The van der Waals surface area contributed by atoms with Crippen LogP contribution in [0.3, 0.4) is 0 Å². The zero-order chi connectivity index (χ0) is 9.94. The first-order chi connectivity index (χ1) is 6.31. The Morgan fingerprint density at radius 2 is 1.93 bits per heavy atom. The average molecular weight is 206 g/mol. The van der Waals surface area contributed by atoms with Crippen molar-refractivity contribution >= 4 is 36.0 Å². The van der Waals surface area contributed by atoms with Crippen LogP contribution in [0.5, 0.6) is 5.75 Å². The van der Waals surface area contributed by atoms with Gasteiger partial charge in [0.15, 0.2) is 0 Å². The van der Waals surface area contributed by atoms with Crippen molar-refractivity contribution in [3.8, 4) is 5.75 Å². The molecule has 0 heterocycles. The van der Waals surface area contributed by atoms with E-state index in [2.05, 4.69) is 4.74 Å². The van der Waals surface area contributed by atoms with Crippen molar-refractivity contribution in [1.82, 2.24) is 0 Å². The molecule has 1 N–H and O–H groups in total. The van der Waals surface area contributed by atoms with Crippen LogP contribution < -0.4 is 0 Å². The van der Waals surface area contributed by atoms with Crippen LogP contribution in [0.2, 0.25) is 0 Å². The van der Waals surface area contributed by atoms with Crippen LogP contribution in [-0.4, -0.2) is 47.7 Å². The SMILES string of the molecule is CCCOC=O.Oc1ccccc1.[NaH]. The summed E-state index contributed by atoms with van der Waals surface area (Å²) < 4.78 is 4.30. The number of aromatic hydroxyl groups is 1. The quantitative estimate of drug-likeness (QED) is 0.461. The van der Waals surface area contributed by atoms with Gasteiger partial charge in [0, 0.05) is 0 Å².